The molecule has 6 heavy (non-hydrogen) atoms. The number of hydrogen-bond donors (Lipinski definition) is 1. The molecular weight excluding hydrogens is 84.0 g/mol. The average molecular weight is 88.1 g/mol. The van der Waals surface area contributed by atoms with Crippen molar-refractivity contribution in [3.8, 4) is 0 Å². The first kappa shape index (κ1) is 5.23. The molecule has 4 heteroatoms. The molecule has 2 N–H and O–H groups in total. The molecule has 0 radical (unpaired) electrons. The molecule has 0 aromatic carbocycles. The number of carbonyl (C=O) groups excluding carboxylic acids is 1. The molecule has 0 aliphatic rings. The fraction of sp³-hybridized carbons (Fsp3) is 0.500. The number of nitrogens with zero attached hydrogens (tertiary/aromatic N) is 1. The van der Waals surface area contributed by atoms with Crippen LogP contribution in [-0.4, -0.2) is 12.5 Å². The second-order valence-corrected chi connectivity index (χ2v) is 0.689. The van der Waals surface area contributed by atoms with Crippen molar-refractivity contribution < 1.29 is 4.79 Å². The summed E-state index contributed by atoms with van der Waals surface area (Å²) < 4.78 is 0. The van der Waals surface area contributed by atoms with Gasteiger partial charge in [0.25, 0.3) is 5.91 Å². The minimum absolute atomic E-state index is 0.288. The van der Waals surface area contributed by atoms with Crippen LogP contribution in [0.2, 0.25) is 0 Å². The van der Waals surface area contributed by atoms with Gasteiger partial charge < -0.3 is 5.73 Å². The number of carbonyl (C=O) groups is 1. The van der Waals surface area contributed by atoms with Crippen molar-refractivity contribution in [2.75, 3.05) is 6.54 Å². The maximum Gasteiger partial charge on any atom is 0.299 e. The van der Waals surface area contributed by atoms with Gasteiger partial charge >= 0.3 is 0 Å². The maximum atomic E-state index is 9.58. The summed E-state index contributed by atoms with van der Waals surface area (Å²) in [5.41, 5.74) is 4.64. The lowest BCUT2D eigenvalue weighted by molar-refractivity contribution is -0.116. The van der Waals surface area contributed by atoms with Crippen LogP contribution in [0.3, 0.4) is 0 Å². The van der Waals surface area contributed by atoms with Crippen molar-refractivity contribution >= 4 is 5.91 Å². The highest BCUT2D eigenvalue weighted by molar-refractivity contribution is 5.78. The number of amides is 1. The highest BCUT2D eigenvalue weighted by Gasteiger charge is 1.89. The second-order valence-electron chi connectivity index (χ2n) is 0.689. The first-order valence-corrected chi connectivity index (χ1v) is 1.37. The van der Waals surface area contributed by atoms with Crippen molar-refractivity contribution in [1.29, 1.82) is 0 Å². The van der Waals surface area contributed by atoms with E-state index < -0.39 is 5.91 Å². The molecule has 0 heterocycles. The third kappa shape index (κ3) is 1.54. The summed E-state index contributed by atoms with van der Waals surface area (Å²) in [7, 11) is 0. The van der Waals surface area contributed by atoms with Crippen LogP contribution in [0.4, 0.5) is 0 Å². The van der Waals surface area contributed by atoms with E-state index in [0.717, 1.165) is 0 Å². The second kappa shape index (κ2) is 2.47. The Labute approximate surface area is 34.3 Å². The summed E-state index contributed by atoms with van der Waals surface area (Å²) in [6, 6.07) is 0. The minimum Gasteiger partial charge on any atom is -0.322 e. The maximum absolute atomic E-state index is 9.58. The van der Waals surface area contributed by atoms with Gasteiger partial charge in [-0.3, -0.25) is 4.79 Å². The summed E-state index contributed by atoms with van der Waals surface area (Å²) >= 11 is 0. The number of hydrogen-bond acceptors (Lipinski definition) is 3. The van der Waals surface area contributed by atoms with E-state index in [0.29, 0.717) is 0 Å². The molecule has 0 spiro atoms. The van der Waals surface area contributed by atoms with Gasteiger partial charge in [0, 0.05) is 5.18 Å². The molecule has 0 fully saturated rings. The quantitative estimate of drug-likeness (QED) is 0.428. The van der Waals surface area contributed by atoms with Gasteiger partial charge in [-0.1, -0.05) is 0 Å². The zero-order chi connectivity index (χ0) is 4.99. The van der Waals surface area contributed by atoms with Gasteiger partial charge in [-0.15, -0.1) is 4.91 Å². The predicted octanol–water partition coefficient (Wildman–Crippen LogP) is -0.762. The van der Waals surface area contributed by atoms with E-state index in [-0.39, 0.29) is 6.54 Å². The summed E-state index contributed by atoms with van der Waals surface area (Å²) in [6.45, 7) is -0.288. The molecular formula is C2H4N2O2. The summed E-state index contributed by atoms with van der Waals surface area (Å²) in [5.74, 6) is -0.810. The van der Waals surface area contributed by atoms with Gasteiger partial charge in [0.1, 0.15) is 0 Å². The lowest BCUT2D eigenvalue weighted by Gasteiger charge is -1.71. The van der Waals surface area contributed by atoms with Gasteiger partial charge in [-0.2, -0.15) is 0 Å². The molecule has 34 valence electrons. The Bertz CT molecular complexity index is 69.9. The highest BCUT2D eigenvalue weighted by atomic mass is 16.3. The Morgan fingerprint density at radius 2 is 2.33 bits per heavy atom. The monoisotopic (exact) mass is 88.0 g/mol. The summed E-state index contributed by atoms with van der Waals surface area (Å²) in [6.07, 6.45) is 0. The van der Waals surface area contributed by atoms with E-state index in [9.17, 15) is 4.79 Å². The Morgan fingerprint density at radius 3 is 2.33 bits per heavy atom. The number of nitroso groups, excluding NO2 is 1. The van der Waals surface area contributed by atoms with Crippen LogP contribution in [0.5, 0.6) is 0 Å². The Hall–Kier alpha value is -0.770. The Morgan fingerprint density at radius 1 is 1.83 bits per heavy atom. The topological polar surface area (TPSA) is 72.5 Å². The van der Waals surface area contributed by atoms with Crippen molar-refractivity contribution in [3.05, 3.63) is 4.91 Å². The summed E-state index contributed by atoms with van der Waals surface area (Å²) in [5, 5.41) is 1.99. The average Bonchev–Trinajstić information content (AvgIpc) is 1.65. The highest BCUT2D eigenvalue weighted by Crippen LogP contribution is 1.61. The van der Waals surface area contributed by atoms with Gasteiger partial charge in [0.2, 0.25) is 0 Å². The van der Waals surface area contributed by atoms with E-state index in [2.05, 4.69) is 5.73 Å². The van der Waals surface area contributed by atoms with E-state index >= 15 is 0 Å². The molecule has 0 bridgehead atoms. The van der Waals surface area contributed by atoms with E-state index in [1.165, 1.54) is 0 Å². The lowest BCUT2D eigenvalue weighted by atomic mass is 10.7. The van der Waals surface area contributed by atoms with Crippen molar-refractivity contribution in [2.24, 2.45) is 10.9 Å². The first-order valence-electron chi connectivity index (χ1n) is 1.37. The molecule has 0 saturated carbocycles. The van der Waals surface area contributed by atoms with Gasteiger partial charge in [0.15, 0.2) is 0 Å². The van der Waals surface area contributed by atoms with Gasteiger partial charge in [0.05, 0.1) is 6.54 Å². The molecule has 0 saturated heterocycles. The third-order valence-electron chi connectivity index (χ3n) is 0.276. The van der Waals surface area contributed by atoms with E-state index in [4.69, 9.17) is 4.91 Å². The summed E-state index contributed by atoms with van der Waals surface area (Å²) in [4.78, 5) is 18.6. The zero-order valence-electron chi connectivity index (χ0n) is 3.05. The first-order chi connectivity index (χ1) is 2.81. The number of rotatable bonds is 1. The smallest absolute Gasteiger partial charge is 0.299 e. The third-order valence-corrected chi connectivity index (χ3v) is 0.276. The van der Waals surface area contributed by atoms with Gasteiger partial charge in [-0.05, 0) is 0 Å². The minimum atomic E-state index is -0.810. The molecule has 4 nitrogen and oxygen atoms in total. The van der Waals surface area contributed by atoms with E-state index in [1.54, 1.807) is 0 Å². The number of nitrogens with two attached hydrogens (primary N) is 1. The fourth-order valence-corrected chi connectivity index (χ4v) is 0.0373. The van der Waals surface area contributed by atoms with Crippen molar-refractivity contribution in [1.82, 2.24) is 0 Å². The van der Waals surface area contributed by atoms with Crippen LogP contribution < -0.4 is 5.73 Å². The molecule has 0 rings (SSSR count). The van der Waals surface area contributed by atoms with Crippen LogP contribution >= 0.6 is 0 Å². The fourth-order valence-electron chi connectivity index (χ4n) is 0.0373. The molecule has 0 aliphatic heterocycles. The normalized spacial score (nSPS) is 7.50. The molecule has 0 unspecified atom stereocenters. The lowest BCUT2D eigenvalue weighted by Crippen LogP contribution is -2.09. The van der Waals surface area contributed by atoms with Crippen LogP contribution in [0.15, 0.2) is 5.18 Å². The van der Waals surface area contributed by atoms with Gasteiger partial charge in [-0.25, -0.2) is 0 Å². The Kier molecular flexibility index (Phi) is 2.15. The Balaban J connectivity index is 3.23. The largest absolute Gasteiger partial charge is 0.322 e. The van der Waals surface area contributed by atoms with E-state index in [1.807, 2.05) is 5.18 Å². The van der Waals surface area contributed by atoms with Crippen LogP contribution in [-0.2, 0) is 4.79 Å². The standard InChI is InChI=1S/C2H4N2O2/c3-1-2(5)4-6/h1,3H2. The molecule has 0 aromatic heterocycles. The van der Waals surface area contributed by atoms with Crippen LogP contribution in [0.25, 0.3) is 0 Å². The predicted molar refractivity (Wildman–Crippen MR) is 19.9 cm³/mol. The molecule has 0 aliphatic carbocycles. The van der Waals surface area contributed by atoms with Crippen LogP contribution in [0.1, 0.15) is 0 Å². The molecule has 0 atom stereocenters. The van der Waals surface area contributed by atoms with Crippen LogP contribution in [0, 0.1) is 4.91 Å². The molecule has 0 aromatic rings. The molecule has 1 amide bonds. The van der Waals surface area contributed by atoms with Crippen molar-refractivity contribution in [3.63, 3.8) is 0 Å². The zero-order valence-corrected chi connectivity index (χ0v) is 3.05. The SMILES string of the molecule is NCC(=O)N=O. The van der Waals surface area contributed by atoms with Crippen molar-refractivity contribution in [2.45, 2.75) is 0 Å².